The summed E-state index contributed by atoms with van der Waals surface area (Å²) in [6.07, 6.45) is 1.30. The number of hydrogen-bond acceptors (Lipinski definition) is 7. The molecule has 1 aliphatic heterocycles. The molecule has 0 radical (unpaired) electrons. The topological polar surface area (TPSA) is 99.0 Å². The fourth-order valence-electron chi connectivity index (χ4n) is 1.97. The minimum atomic E-state index is -0.490. The summed E-state index contributed by atoms with van der Waals surface area (Å²) in [7, 11) is 0. The SMILES string of the molecule is CCOC(=O)/C=C1\SCC(=O)N1CCOc1ccc([N+](=O)[O-])cc1. The molecular formula is C15H16N2O6S. The number of carbonyl (C=O) groups excluding carboxylic acids is 2. The van der Waals surface area contributed by atoms with Crippen LogP contribution in [-0.2, 0) is 14.3 Å². The van der Waals surface area contributed by atoms with Gasteiger partial charge in [0, 0.05) is 12.1 Å². The summed E-state index contributed by atoms with van der Waals surface area (Å²) in [5, 5.41) is 11.1. The first kappa shape index (κ1) is 17.8. The second-order valence-electron chi connectivity index (χ2n) is 4.67. The molecule has 1 heterocycles. The molecule has 0 N–H and O–H groups in total. The molecule has 0 atom stereocenters. The zero-order valence-electron chi connectivity index (χ0n) is 13.0. The van der Waals surface area contributed by atoms with E-state index >= 15 is 0 Å². The molecular weight excluding hydrogens is 336 g/mol. The van der Waals surface area contributed by atoms with Crippen molar-refractivity contribution >= 4 is 29.3 Å². The van der Waals surface area contributed by atoms with E-state index in [0.29, 0.717) is 10.8 Å². The lowest BCUT2D eigenvalue weighted by Crippen LogP contribution is -2.29. The van der Waals surface area contributed by atoms with Gasteiger partial charge in [-0.1, -0.05) is 11.8 Å². The van der Waals surface area contributed by atoms with Crippen molar-refractivity contribution in [1.29, 1.82) is 0 Å². The molecule has 2 rings (SSSR count). The van der Waals surface area contributed by atoms with Crippen molar-refractivity contribution in [1.82, 2.24) is 4.90 Å². The Hall–Kier alpha value is -2.55. The van der Waals surface area contributed by atoms with E-state index in [1.54, 1.807) is 6.92 Å². The first-order valence-electron chi connectivity index (χ1n) is 7.20. The minimum absolute atomic E-state index is 0.0203. The highest BCUT2D eigenvalue weighted by molar-refractivity contribution is 8.04. The number of amides is 1. The molecule has 9 heteroatoms. The summed E-state index contributed by atoms with van der Waals surface area (Å²) < 4.78 is 10.3. The van der Waals surface area contributed by atoms with Gasteiger partial charge in [-0.3, -0.25) is 14.9 Å². The van der Waals surface area contributed by atoms with Gasteiger partial charge in [-0.2, -0.15) is 0 Å². The van der Waals surface area contributed by atoms with Crippen molar-refractivity contribution in [3.05, 3.63) is 45.5 Å². The zero-order valence-corrected chi connectivity index (χ0v) is 13.8. The molecule has 0 unspecified atom stereocenters. The summed E-state index contributed by atoms with van der Waals surface area (Å²) in [6.45, 7) is 2.45. The number of non-ortho nitro benzene ring substituents is 1. The Morgan fingerprint density at radius 1 is 1.42 bits per heavy atom. The number of hydrogen-bond donors (Lipinski definition) is 0. The lowest BCUT2D eigenvalue weighted by molar-refractivity contribution is -0.384. The van der Waals surface area contributed by atoms with Crippen molar-refractivity contribution in [3.8, 4) is 5.75 Å². The molecule has 8 nitrogen and oxygen atoms in total. The van der Waals surface area contributed by atoms with Crippen molar-refractivity contribution in [3.63, 3.8) is 0 Å². The van der Waals surface area contributed by atoms with Gasteiger partial charge in [0.15, 0.2) is 0 Å². The predicted octanol–water partition coefficient (Wildman–Crippen LogP) is 1.95. The number of nitro groups is 1. The third-order valence-electron chi connectivity index (χ3n) is 3.07. The average Bonchev–Trinajstić information content (AvgIpc) is 2.88. The second-order valence-corrected chi connectivity index (χ2v) is 5.66. The van der Waals surface area contributed by atoms with Crippen LogP contribution in [0.3, 0.4) is 0 Å². The second kappa shape index (κ2) is 8.34. The normalized spacial score (nSPS) is 15.6. The van der Waals surface area contributed by atoms with Crippen LogP contribution in [0.2, 0.25) is 0 Å². The Bertz CT molecular complexity index is 658. The van der Waals surface area contributed by atoms with E-state index in [1.807, 2.05) is 0 Å². The van der Waals surface area contributed by atoms with Gasteiger partial charge in [-0.05, 0) is 19.1 Å². The van der Waals surface area contributed by atoms with Crippen LogP contribution in [0.5, 0.6) is 5.75 Å². The quantitative estimate of drug-likeness (QED) is 0.320. The number of thioether (sulfide) groups is 1. The Morgan fingerprint density at radius 3 is 2.75 bits per heavy atom. The van der Waals surface area contributed by atoms with Gasteiger partial charge >= 0.3 is 5.97 Å². The van der Waals surface area contributed by atoms with Crippen LogP contribution in [0, 0.1) is 10.1 Å². The lowest BCUT2D eigenvalue weighted by Gasteiger charge is -2.17. The fraction of sp³-hybridized carbons (Fsp3) is 0.333. The van der Waals surface area contributed by atoms with Crippen molar-refractivity contribution in [2.45, 2.75) is 6.92 Å². The lowest BCUT2D eigenvalue weighted by atomic mass is 10.3. The van der Waals surface area contributed by atoms with Crippen LogP contribution in [0.4, 0.5) is 5.69 Å². The highest BCUT2D eigenvalue weighted by Crippen LogP contribution is 2.28. The van der Waals surface area contributed by atoms with Crippen LogP contribution in [-0.4, -0.2) is 47.2 Å². The van der Waals surface area contributed by atoms with Gasteiger partial charge < -0.3 is 14.4 Å². The van der Waals surface area contributed by atoms with Crippen LogP contribution < -0.4 is 4.74 Å². The summed E-state index contributed by atoms with van der Waals surface area (Å²) in [5.41, 5.74) is -0.0203. The molecule has 0 aromatic heterocycles. The molecule has 0 bridgehead atoms. The van der Waals surface area contributed by atoms with Crippen LogP contribution in [0.25, 0.3) is 0 Å². The molecule has 1 aromatic carbocycles. The van der Waals surface area contributed by atoms with Gasteiger partial charge in [0.25, 0.3) is 5.69 Å². The monoisotopic (exact) mass is 352 g/mol. The van der Waals surface area contributed by atoms with Gasteiger partial charge in [0.05, 0.1) is 34.9 Å². The number of rotatable bonds is 7. The zero-order chi connectivity index (χ0) is 17.5. The molecule has 128 valence electrons. The smallest absolute Gasteiger partial charge is 0.333 e. The Labute approximate surface area is 142 Å². The maximum absolute atomic E-state index is 11.9. The minimum Gasteiger partial charge on any atom is -0.492 e. The molecule has 0 saturated carbocycles. The Morgan fingerprint density at radius 2 is 2.12 bits per heavy atom. The molecule has 1 aliphatic rings. The van der Waals surface area contributed by atoms with E-state index in [1.165, 1.54) is 47.0 Å². The van der Waals surface area contributed by atoms with Gasteiger partial charge in [0.1, 0.15) is 12.4 Å². The van der Waals surface area contributed by atoms with E-state index in [9.17, 15) is 19.7 Å². The molecule has 1 fully saturated rings. The predicted molar refractivity (Wildman–Crippen MR) is 87.5 cm³/mol. The summed E-state index contributed by atoms with van der Waals surface area (Å²) in [6, 6.07) is 5.68. The van der Waals surface area contributed by atoms with E-state index in [4.69, 9.17) is 9.47 Å². The van der Waals surface area contributed by atoms with Gasteiger partial charge in [-0.25, -0.2) is 4.79 Å². The highest BCUT2D eigenvalue weighted by atomic mass is 32.2. The third-order valence-corrected chi connectivity index (χ3v) is 4.09. The van der Waals surface area contributed by atoms with E-state index in [2.05, 4.69) is 0 Å². The number of carbonyl (C=O) groups is 2. The average molecular weight is 352 g/mol. The van der Waals surface area contributed by atoms with Crippen LogP contribution >= 0.6 is 11.8 Å². The van der Waals surface area contributed by atoms with E-state index in [0.717, 1.165) is 0 Å². The molecule has 0 spiro atoms. The molecule has 1 saturated heterocycles. The summed E-state index contributed by atoms with van der Waals surface area (Å²) >= 11 is 1.27. The van der Waals surface area contributed by atoms with E-state index < -0.39 is 10.9 Å². The van der Waals surface area contributed by atoms with Crippen molar-refractivity contribution in [2.75, 3.05) is 25.5 Å². The van der Waals surface area contributed by atoms with Crippen molar-refractivity contribution in [2.24, 2.45) is 0 Å². The highest BCUT2D eigenvalue weighted by Gasteiger charge is 2.27. The number of esters is 1. The number of nitro benzene ring substituents is 1. The largest absolute Gasteiger partial charge is 0.492 e. The third kappa shape index (κ3) is 4.72. The van der Waals surface area contributed by atoms with Gasteiger partial charge in [-0.15, -0.1) is 0 Å². The van der Waals surface area contributed by atoms with Crippen LogP contribution in [0.15, 0.2) is 35.4 Å². The number of benzene rings is 1. The van der Waals surface area contributed by atoms with Gasteiger partial charge in [0.2, 0.25) is 5.91 Å². The number of nitrogens with zero attached hydrogens (tertiary/aromatic N) is 2. The Kier molecular flexibility index (Phi) is 6.19. The molecule has 1 amide bonds. The molecule has 24 heavy (non-hydrogen) atoms. The maximum Gasteiger partial charge on any atom is 0.333 e. The maximum atomic E-state index is 11.9. The summed E-state index contributed by atoms with van der Waals surface area (Å²) in [4.78, 5) is 34.9. The molecule has 0 aliphatic carbocycles. The fourth-order valence-corrected chi connectivity index (χ4v) is 2.93. The van der Waals surface area contributed by atoms with E-state index in [-0.39, 0.29) is 37.1 Å². The van der Waals surface area contributed by atoms with Crippen LogP contribution in [0.1, 0.15) is 6.92 Å². The molecule has 1 aromatic rings. The van der Waals surface area contributed by atoms with Crippen molar-refractivity contribution < 1.29 is 24.0 Å². The standard InChI is InChI=1S/C15H16N2O6S/c1-2-22-15(19)9-14-16(13(18)10-24-14)7-8-23-12-5-3-11(4-6-12)17(20)21/h3-6,9H,2,7-8,10H2,1H3/b14-9-. The first-order chi connectivity index (χ1) is 11.5. The summed E-state index contributed by atoms with van der Waals surface area (Å²) in [5.74, 6) is 0.137. The first-order valence-corrected chi connectivity index (χ1v) is 8.18. The Balaban J connectivity index is 1.90. The number of ether oxygens (including phenoxy) is 2.